The highest BCUT2D eigenvalue weighted by Crippen LogP contribution is 2.19. The van der Waals surface area contributed by atoms with Crippen LogP contribution in [0.3, 0.4) is 0 Å². The van der Waals surface area contributed by atoms with Crippen LogP contribution in [0.2, 0.25) is 0 Å². The highest BCUT2D eigenvalue weighted by molar-refractivity contribution is 5.95. The number of ether oxygens (including phenoxy) is 1. The zero-order valence-corrected chi connectivity index (χ0v) is 16.8. The van der Waals surface area contributed by atoms with Gasteiger partial charge >= 0.3 is 5.97 Å². The number of nitrogens with zero attached hydrogens (tertiary/aromatic N) is 1. The number of rotatable bonds is 7. The van der Waals surface area contributed by atoms with Crippen LogP contribution in [0.25, 0.3) is 11.1 Å². The molecule has 162 valence electrons. The summed E-state index contributed by atoms with van der Waals surface area (Å²) >= 11 is 0. The fourth-order valence-electron chi connectivity index (χ4n) is 2.78. The molecule has 0 aliphatic carbocycles. The summed E-state index contributed by atoms with van der Waals surface area (Å²) < 4.78 is 4.93. The largest absolute Gasteiger partial charge is 0.455 e. The van der Waals surface area contributed by atoms with E-state index in [1.807, 2.05) is 54.6 Å². The number of hydrogen-bond donors (Lipinski definition) is 2. The van der Waals surface area contributed by atoms with Gasteiger partial charge < -0.3 is 4.74 Å². The van der Waals surface area contributed by atoms with E-state index >= 15 is 0 Å². The summed E-state index contributed by atoms with van der Waals surface area (Å²) in [5.74, 6) is -1.99. The summed E-state index contributed by atoms with van der Waals surface area (Å²) in [6.45, 7) is -0.568. The molecule has 0 aliphatic rings. The summed E-state index contributed by atoms with van der Waals surface area (Å²) in [4.78, 5) is 45.7. The van der Waals surface area contributed by atoms with Gasteiger partial charge in [0.15, 0.2) is 6.61 Å². The molecule has 0 aliphatic heterocycles. The standard InChI is InChI=1S/C23H19N3O6/c27-21(24-25-23(29)19-10-12-20(13-11-19)26(30)31)15-32-22(28)14-16-6-8-18(9-7-16)17-4-2-1-3-5-17/h1-13H,14-15H2,(H,24,27)(H,25,29). The number of hydrogen-bond acceptors (Lipinski definition) is 6. The van der Waals surface area contributed by atoms with E-state index in [4.69, 9.17) is 4.74 Å². The normalized spacial score (nSPS) is 10.1. The number of benzene rings is 3. The van der Waals surface area contributed by atoms with Crippen molar-refractivity contribution in [3.63, 3.8) is 0 Å². The summed E-state index contributed by atoms with van der Waals surface area (Å²) in [7, 11) is 0. The van der Waals surface area contributed by atoms with Crippen LogP contribution < -0.4 is 10.9 Å². The monoisotopic (exact) mass is 433 g/mol. The highest BCUT2D eigenvalue weighted by atomic mass is 16.6. The molecule has 2 N–H and O–H groups in total. The Labute approximate surface area is 183 Å². The minimum Gasteiger partial charge on any atom is -0.455 e. The number of amides is 2. The number of non-ortho nitro benzene ring substituents is 1. The molecule has 0 fully saturated rings. The molecule has 3 aromatic carbocycles. The third-order valence-electron chi connectivity index (χ3n) is 4.43. The van der Waals surface area contributed by atoms with Crippen molar-refractivity contribution in [3.05, 3.63) is 100 Å². The Morgan fingerprint density at radius 3 is 2.06 bits per heavy atom. The lowest BCUT2D eigenvalue weighted by Gasteiger charge is -2.08. The molecule has 3 rings (SSSR count). The van der Waals surface area contributed by atoms with E-state index in [-0.39, 0.29) is 17.7 Å². The number of carbonyl (C=O) groups is 3. The molecule has 32 heavy (non-hydrogen) atoms. The topological polar surface area (TPSA) is 128 Å². The molecule has 0 saturated heterocycles. The van der Waals surface area contributed by atoms with Gasteiger partial charge in [-0.3, -0.25) is 35.3 Å². The lowest BCUT2D eigenvalue weighted by molar-refractivity contribution is -0.384. The maximum absolute atomic E-state index is 12.0. The van der Waals surface area contributed by atoms with Crippen molar-refractivity contribution in [1.29, 1.82) is 0 Å². The zero-order chi connectivity index (χ0) is 22.9. The summed E-state index contributed by atoms with van der Waals surface area (Å²) in [6.07, 6.45) is -0.00248. The van der Waals surface area contributed by atoms with E-state index in [1.54, 1.807) is 0 Å². The molecule has 9 nitrogen and oxygen atoms in total. The van der Waals surface area contributed by atoms with Gasteiger partial charge in [0, 0.05) is 17.7 Å². The van der Waals surface area contributed by atoms with Gasteiger partial charge in [-0.15, -0.1) is 0 Å². The third-order valence-corrected chi connectivity index (χ3v) is 4.43. The van der Waals surface area contributed by atoms with Gasteiger partial charge in [0.25, 0.3) is 17.5 Å². The molecule has 0 aromatic heterocycles. The van der Waals surface area contributed by atoms with E-state index in [0.29, 0.717) is 0 Å². The van der Waals surface area contributed by atoms with E-state index in [2.05, 4.69) is 10.9 Å². The Morgan fingerprint density at radius 1 is 0.812 bits per heavy atom. The van der Waals surface area contributed by atoms with Crippen LogP contribution in [0.1, 0.15) is 15.9 Å². The van der Waals surface area contributed by atoms with Crippen molar-refractivity contribution in [2.75, 3.05) is 6.61 Å². The van der Waals surface area contributed by atoms with Gasteiger partial charge in [-0.05, 0) is 28.8 Å². The summed E-state index contributed by atoms with van der Waals surface area (Å²) in [6, 6.07) is 22.1. The molecule has 0 unspecified atom stereocenters. The van der Waals surface area contributed by atoms with Crippen molar-refractivity contribution < 1.29 is 24.0 Å². The number of nitro groups is 1. The predicted octanol–water partition coefficient (Wildman–Crippen LogP) is 2.81. The first-order chi connectivity index (χ1) is 15.4. The third kappa shape index (κ3) is 6.23. The van der Waals surface area contributed by atoms with E-state index in [0.717, 1.165) is 16.7 Å². The molecule has 9 heteroatoms. The fraction of sp³-hybridized carbons (Fsp3) is 0.0870. The molecule has 0 saturated carbocycles. The van der Waals surface area contributed by atoms with Crippen molar-refractivity contribution in [2.45, 2.75) is 6.42 Å². The maximum atomic E-state index is 12.0. The van der Waals surface area contributed by atoms with Crippen LogP contribution >= 0.6 is 0 Å². The Kier molecular flexibility index (Phi) is 7.26. The van der Waals surface area contributed by atoms with Crippen LogP contribution in [0.4, 0.5) is 5.69 Å². The lowest BCUT2D eigenvalue weighted by Crippen LogP contribution is -2.43. The van der Waals surface area contributed by atoms with Gasteiger partial charge in [0.2, 0.25) is 0 Å². The zero-order valence-electron chi connectivity index (χ0n) is 16.8. The summed E-state index contributed by atoms with van der Waals surface area (Å²) in [5, 5.41) is 10.6. The maximum Gasteiger partial charge on any atom is 0.310 e. The molecule has 0 bridgehead atoms. The summed E-state index contributed by atoms with van der Waals surface area (Å²) in [5.41, 5.74) is 7.03. The van der Waals surface area contributed by atoms with Gasteiger partial charge in [-0.25, -0.2) is 0 Å². The van der Waals surface area contributed by atoms with E-state index in [9.17, 15) is 24.5 Å². The average Bonchev–Trinajstić information content (AvgIpc) is 2.82. The Balaban J connectivity index is 1.41. The first-order valence-corrected chi connectivity index (χ1v) is 9.56. The molecule has 2 amide bonds. The molecule has 0 heterocycles. The molecular formula is C23H19N3O6. The Morgan fingerprint density at radius 2 is 1.44 bits per heavy atom. The van der Waals surface area contributed by atoms with Crippen molar-refractivity contribution in [3.8, 4) is 11.1 Å². The molecular weight excluding hydrogens is 414 g/mol. The van der Waals surface area contributed by atoms with Crippen LogP contribution in [-0.2, 0) is 20.7 Å². The van der Waals surface area contributed by atoms with Crippen molar-refractivity contribution in [1.82, 2.24) is 10.9 Å². The minimum atomic E-state index is -0.729. The second kappa shape index (κ2) is 10.5. The Bertz CT molecular complexity index is 1110. The van der Waals surface area contributed by atoms with Crippen LogP contribution in [0.15, 0.2) is 78.9 Å². The van der Waals surface area contributed by atoms with Crippen molar-refractivity contribution >= 4 is 23.5 Å². The number of hydrazine groups is 1. The van der Waals surface area contributed by atoms with Gasteiger partial charge in [0.1, 0.15) is 0 Å². The number of esters is 1. The van der Waals surface area contributed by atoms with Crippen LogP contribution in [0.5, 0.6) is 0 Å². The van der Waals surface area contributed by atoms with Gasteiger partial charge in [0.05, 0.1) is 11.3 Å². The van der Waals surface area contributed by atoms with Crippen LogP contribution in [-0.4, -0.2) is 29.3 Å². The number of carbonyl (C=O) groups excluding carboxylic acids is 3. The molecule has 0 atom stereocenters. The van der Waals surface area contributed by atoms with Crippen molar-refractivity contribution in [2.24, 2.45) is 0 Å². The quantitative estimate of drug-likeness (QED) is 0.335. The predicted molar refractivity (Wildman–Crippen MR) is 115 cm³/mol. The lowest BCUT2D eigenvalue weighted by atomic mass is 10.0. The van der Waals surface area contributed by atoms with E-state index in [1.165, 1.54) is 24.3 Å². The van der Waals surface area contributed by atoms with Gasteiger partial charge in [-0.2, -0.15) is 0 Å². The molecule has 0 radical (unpaired) electrons. The van der Waals surface area contributed by atoms with Crippen LogP contribution in [0, 0.1) is 10.1 Å². The first-order valence-electron chi connectivity index (χ1n) is 9.56. The Hall–Kier alpha value is -4.53. The second-order valence-electron chi connectivity index (χ2n) is 6.71. The number of nitrogens with one attached hydrogen (secondary N) is 2. The minimum absolute atomic E-state index is 0.00248. The number of nitro benzene ring substituents is 1. The SMILES string of the molecule is O=C(COC(=O)Cc1ccc(-c2ccccc2)cc1)NNC(=O)c1ccc([N+](=O)[O-])cc1. The second-order valence-corrected chi connectivity index (χ2v) is 6.71. The smallest absolute Gasteiger partial charge is 0.310 e. The molecule has 0 spiro atoms. The van der Waals surface area contributed by atoms with Gasteiger partial charge in [-0.1, -0.05) is 54.6 Å². The molecule has 3 aromatic rings. The average molecular weight is 433 g/mol. The van der Waals surface area contributed by atoms with E-state index < -0.39 is 29.3 Å². The highest BCUT2D eigenvalue weighted by Gasteiger charge is 2.12. The first kappa shape index (κ1) is 22.2. The fourth-order valence-corrected chi connectivity index (χ4v) is 2.78.